The molecule has 0 fully saturated rings. The third-order valence-corrected chi connectivity index (χ3v) is 3.75. The summed E-state index contributed by atoms with van der Waals surface area (Å²) in [6, 6.07) is -1.40. The van der Waals surface area contributed by atoms with E-state index in [1.807, 2.05) is 27.7 Å². The van der Waals surface area contributed by atoms with Gasteiger partial charge in [0.1, 0.15) is 17.7 Å². The molecule has 0 aliphatic heterocycles. The molecule has 0 aliphatic rings. The number of ether oxygens (including phenoxy) is 1. The van der Waals surface area contributed by atoms with Gasteiger partial charge in [0.2, 0.25) is 11.8 Å². The summed E-state index contributed by atoms with van der Waals surface area (Å²) < 4.78 is 5.24. The second-order valence-corrected chi connectivity index (χ2v) is 7.81. The average molecular weight is 357 g/mol. The topological polar surface area (TPSA) is 96.5 Å². The van der Waals surface area contributed by atoms with Gasteiger partial charge in [0, 0.05) is 7.05 Å². The molecule has 3 amide bonds. The molecule has 0 bridgehead atoms. The molecular formula is C18H35N3O4. The summed E-state index contributed by atoms with van der Waals surface area (Å²) in [5.74, 6) is -0.489. The first-order chi connectivity index (χ1) is 11.4. The van der Waals surface area contributed by atoms with Crippen LogP contribution in [0, 0.1) is 11.8 Å². The molecule has 0 heterocycles. The minimum Gasteiger partial charge on any atom is -0.444 e. The van der Waals surface area contributed by atoms with Crippen LogP contribution in [0.5, 0.6) is 0 Å². The lowest BCUT2D eigenvalue weighted by Gasteiger charge is -2.28. The Balaban J connectivity index is 5.15. The zero-order chi connectivity index (χ0) is 19.8. The fraction of sp³-hybridized carbons (Fsp3) is 0.833. The lowest BCUT2D eigenvalue weighted by molar-refractivity contribution is -0.130. The average Bonchev–Trinajstić information content (AvgIpc) is 2.48. The zero-order valence-electron chi connectivity index (χ0n) is 16.9. The molecule has 0 radical (unpaired) electrons. The minimum absolute atomic E-state index is 0.100. The summed E-state index contributed by atoms with van der Waals surface area (Å²) in [5, 5.41) is 7.96. The Kier molecular flexibility index (Phi) is 9.52. The SMILES string of the molecule is CC[C@H](C)C(NC(=O)OC(C)(C)C)C(=O)N[C@@H](CC(C)C)C(=O)NC. The molecule has 0 saturated carbocycles. The van der Waals surface area contributed by atoms with Gasteiger partial charge in [-0.1, -0.05) is 34.1 Å². The fourth-order valence-corrected chi connectivity index (χ4v) is 2.28. The van der Waals surface area contributed by atoms with E-state index in [1.165, 1.54) is 7.05 Å². The van der Waals surface area contributed by atoms with Crippen LogP contribution in [-0.4, -0.2) is 42.6 Å². The van der Waals surface area contributed by atoms with Crippen molar-refractivity contribution < 1.29 is 19.1 Å². The monoisotopic (exact) mass is 357 g/mol. The van der Waals surface area contributed by atoms with Crippen LogP contribution in [0.2, 0.25) is 0 Å². The molecule has 7 heteroatoms. The molecule has 0 rings (SSSR count). The van der Waals surface area contributed by atoms with Crippen molar-refractivity contribution in [3.05, 3.63) is 0 Å². The molecule has 3 atom stereocenters. The minimum atomic E-state index is -0.765. The standard InChI is InChI=1S/C18H35N3O4/c1-9-12(4)14(21-17(24)25-18(5,6)7)16(23)20-13(10-11(2)3)15(22)19-8/h11-14H,9-10H2,1-8H3,(H,19,22)(H,20,23)(H,21,24)/t12-,13-,14?/m0/s1. The smallest absolute Gasteiger partial charge is 0.408 e. The number of alkyl carbamates (subject to hydrolysis) is 1. The summed E-state index contributed by atoms with van der Waals surface area (Å²) in [7, 11) is 1.53. The summed E-state index contributed by atoms with van der Waals surface area (Å²) in [5.41, 5.74) is -0.650. The van der Waals surface area contributed by atoms with Gasteiger partial charge in [0.25, 0.3) is 0 Å². The molecule has 0 spiro atoms. The molecular weight excluding hydrogens is 322 g/mol. The molecule has 25 heavy (non-hydrogen) atoms. The Morgan fingerprint density at radius 3 is 1.96 bits per heavy atom. The summed E-state index contributed by atoms with van der Waals surface area (Å²) >= 11 is 0. The van der Waals surface area contributed by atoms with E-state index >= 15 is 0 Å². The summed E-state index contributed by atoms with van der Waals surface area (Å²) in [6.07, 6.45) is 0.571. The molecule has 0 aromatic heterocycles. The highest BCUT2D eigenvalue weighted by Crippen LogP contribution is 2.12. The highest BCUT2D eigenvalue weighted by atomic mass is 16.6. The molecule has 0 aromatic carbocycles. The van der Waals surface area contributed by atoms with Crippen molar-refractivity contribution in [2.75, 3.05) is 7.05 Å². The van der Waals surface area contributed by atoms with Gasteiger partial charge in [-0.2, -0.15) is 0 Å². The van der Waals surface area contributed by atoms with E-state index in [1.54, 1.807) is 20.8 Å². The van der Waals surface area contributed by atoms with Crippen molar-refractivity contribution in [3.8, 4) is 0 Å². The van der Waals surface area contributed by atoms with Crippen LogP contribution in [0.1, 0.15) is 61.3 Å². The van der Waals surface area contributed by atoms with Crippen LogP contribution in [-0.2, 0) is 14.3 Å². The first-order valence-electron chi connectivity index (χ1n) is 8.92. The van der Waals surface area contributed by atoms with Crippen molar-refractivity contribution in [1.29, 1.82) is 0 Å². The Labute approximate surface area is 151 Å². The van der Waals surface area contributed by atoms with Crippen molar-refractivity contribution in [3.63, 3.8) is 0 Å². The first kappa shape index (κ1) is 23.2. The van der Waals surface area contributed by atoms with Crippen LogP contribution in [0.15, 0.2) is 0 Å². The predicted octanol–water partition coefficient (Wildman–Crippen LogP) is 2.20. The highest BCUT2D eigenvalue weighted by molar-refractivity contribution is 5.91. The number of nitrogens with one attached hydrogen (secondary N) is 3. The Bertz CT molecular complexity index is 458. The van der Waals surface area contributed by atoms with E-state index in [0.717, 1.165) is 0 Å². The maximum absolute atomic E-state index is 12.7. The van der Waals surface area contributed by atoms with Crippen LogP contribution in [0.4, 0.5) is 4.79 Å². The Morgan fingerprint density at radius 2 is 1.56 bits per heavy atom. The number of likely N-dealkylation sites (N-methyl/N-ethyl adjacent to an activating group) is 1. The number of rotatable bonds is 8. The van der Waals surface area contributed by atoms with Crippen molar-refractivity contribution >= 4 is 17.9 Å². The largest absolute Gasteiger partial charge is 0.444 e. The van der Waals surface area contributed by atoms with E-state index in [2.05, 4.69) is 16.0 Å². The van der Waals surface area contributed by atoms with Crippen molar-refractivity contribution in [1.82, 2.24) is 16.0 Å². The first-order valence-corrected chi connectivity index (χ1v) is 8.92. The molecule has 1 unspecified atom stereocenters. The molecule has 0 aromatic rings. The number of carbonyl (C=O) groups excluding carboxylic acids is 3. The van der Waals surface area contributed by atoms with Gasteiger partial charge in [-0.05, 0) is 39.0 Å². The number of carbonyl (C=O) groups is 3. The van der Waals surface area contributed by atoms with Gasteiger partial charge in [-0.25, -0.2) is 4.79 Å². The van der Waals surface area contributed by atoms with E-state index in [0.29, 0.717) is 12.8 Å². The van der Waals surface area contributed by atoms with E-state index in [9.17, 15) is 14.4 Å². The molecule has 0 saturated heterocycles. The van der Waals surface area contributed by atoms with Gasteiger partial charge in [-0.3, -0.25) is 9.59 Å². The van der Waals surface area contributed by atoms with Gasteiger partial charge in [0.05, 0.1) is 0 Å². The highest BCUT2D eigenvalue weighted by Gasteiger charge is 2.31. The quantitative estimate of drug-likeness (QED) is 0.620. The molecule has 3 N–H and O–H groups in total. The Hall–Kier alpha value is -1.79. The molecule has 7 nitrogen and oxygen atoms in total. The summed E-state index contributed by atoms with van der Waals surface area (Å²) in [6.45, 7) is 13.0. The van der Waals surface area contributed by atoms with Crippen molar-refractivity contribution in [2.45, 2.75) is 79.0 Å². The van der Waals surface area contributed by atoms with Crippen LogP contribution in [0.3, 0.4) is 0 Å². The third-order valence-electron chi connectivity index (χ3n) is 3.75. The number of hydrogen-bond acceptors (Lipinski definition) is 4. The van der Waals surface area contributed by atoms with Crippen LogP contribution >= 0.6 is 0 Å². The van der Waals surface area contributed by atoms with Crippen LogP contribution < -0.4 is 16.0 Å². The number of amides is 3. The van der Waals surface area contributed by atoms with Crippen LogP contribution in [0.25, 0.3) is 0 Å². The summed E-state index contributed by atoms with van der Waals surface area (Å²) in [4.78, 5) is 36.8. The normalized spacial score (nSPS) is 15.1. The third kappa shape index (κ3) is 9.31. The van der Waals surface area contributed by atoms with Gasteiger partial charge in [0.15, 0.2) is 0 Å². The maximum atomic E-state index is 12.7. The lowest BCUT2D eigenvalue weighted by atomic mass is 9.97. The van der Waals surface area contributed by atoms with E-state index in [4.69, 9.17) is 4.74 Å². The van der Waals surface area contributed by atoms with E-state index < -0.39 is 23.8 Å². The van der Waals surface area contributed by atoms with Gasteiger partial charge < -0.3 is 20.7 Å². The number of hydrogen-bond donors (Lipinski definition) is 3. The fourth-order valence-electron chi connectivity index (χ4n) is 2.28. The van der Waals surface area contributed by atoms with Gasteiger partial charge in [-0.15, -0.1) is 0 Å². The molecule has 0 aliphatic carbocycles. The second kappa shape index (κ2) is 10.3. The van der Waals surface area contributed by atoms with Crippen molar-refractivity contribution in [2.24, 2.45) is 11.8 Å². The van der Waals surface area contributed by atoms with E-state index in [-0.39, 0.29) is 23.7 Å². The second-order valence-electron chi connectivity index (χ2n) is 7.81. The van der Waals surface area contributed by atoms with Gasteiger partial charge >= 0.3 is 6.09 Å². The molecule has 146 valence electrons. The Morgan fingerprint density at radius 1 is 1.00 bits per heavy atom. The zero-order valence-corrected chi connectivity index (χ0v) is 16.9. The maximum Gasteiger partial charge on any atom is 0.408 e. The lowest BCUT2D eigenvalue weighted by Crippen LogP contribution is -2.56. The predicted molar refractivity (Wildman–Crippen MR) is 98.1 cm³/mol.